The summed E-state index contributed by atoms with van der Waals surface area (Å²) >= 11 is 1.49. The number of carbonyl (C=O) groups excluding carboxylic acids is 2. The van der Waals surface area contributed by atoms with Crippen LogP contribution in [-0.4, -0.2) is 57.4 Å². The maximum absolute atomic E-state index is 13.1. The molecule has 0 aliphatic carbocycles. The zero-order valence-corrected chi connectivity index (χ0v) is 34.1. The SMILES string of the molecule is CC1C(CSc2nc(-c3ccccc3)c(-c3ccccc3)o2)OC(c2ccc(-c3cccc(CNC(=O)C4CCCN4C(=O)C(F)(F)F)c3)cc2)OC1c1ccc(CO)cc1. The molecule has 5 unspecified atom stereocenters. The van der Waals surface area contributed by atoms with Crippen LogP contribution in [0.25, 0.3) is 33.7 Å². The van der Waals surface area contributed by atoms with E-state index in [2.05, 4.69) is 12.2 Å². The second-order valence-electron chi connectivity index (χ2n) is 15.2. The minimum atomic E-state index is -5.03. The zero-order valence-electron chi connectivity index (χ0n) is 33.3. The van der Waals surface area contributed by atoms with Gasteiger partial charge in [-0.1, -0.05) is 146 Å². The predicted molar refractivity (Wildman–Crippen MR) is 226 cm³/mol. The van der Waals surface area contributed by atoms with Gasteiger partial charge in [0.2, 0.25) is 5.91 Å². The number of halogens is 3. The first-order chi connectivity index (χ1) is 29.6. The fraction of sp³-hybridized carbons (Fsp3) is 0.271. The predicted octanol–water partition coefficient (Wildman–Crippen LogP) is 9.92. The van der Waals surface area contributed by atoms with Crippen LogP contribution in [0.5, 0.6) is 0 Å². The van der Waals surface area contributed by atoms with E-state index in [0.29, 0.717) is 28.1 Å². The molecule has 0 spiro atoms. The highest BCUT2D eigenvalue weighted by molar-refractivity contribution is 7.99. The molecule has 2 aliphatic rings. The van der Waals surface area contributed by atoms with Crippen molar-refractivity contribution in [1.82, 2.24) is 15.2 Å². The van der Waals surface area contributed by atoms with Gasteiger partial charge in [0.15, 0.2) is 12.1 Å². The molecule has 8 rings (SSSR count). The molecule has 5 aromatic carbocycles. The second-order valence-corrected chi connectivity index (χ2v) is 16.2. The summed E-state index contributed by atoms with van der Waals surface area (Å²) in [5, 5.41) is 12.9. The monoisotopic (exact) mass is 847 g/mol. The van der Waals surface area contributed by atoms with E-state index in [1.165, 1.54) is 11.8 Å². The second kappa shape index (κ2) is 18.5. The molecule has 3 heterocycles. The first-order valence-electron chi connectivity index (χ1n) is 20.2. The number of alkyl halides is 3. The highest BCUT2D eigenvalue weighted by atomic mass is 32.2. The van der Waals surface area contributed by atoms with E-state index in [9.17, 15) is 27.9 Å². The standard InChI is InChI=1S/C48H44F3N3O6S/c1-30-40(29-61-47-53-41(34-11-4-2-5-12-34)43(60-47)35-13-6-3-7-14-35)58-45(59-42(30)36-19-17-31(28-55)18-20-36)37-23-21-33(22-24-37)38-15-8-10-32(26-38)27-52-44(56)39-16-9-25-54(39)46(57)48(49,50)51/h2-8,10-15,17-24,26,30,39-40,42,45,55H,9,16,25,27-29H2,1H3,(H,52,56). The number of carbonyl (C=O) groups is 2. The molecule has 2 amide bonds. The van der Waals surface area contributed by atoms with Crippen molar-refractivity contribution in [3.8, 4) is 33.7 Å². The topological polar surface area (TPSA) is 114 Å². The van der Waals surface area contributed by atoms with Crippen LogP contribution in [0.1, 0.15) is 54.4 Å². The Morgan fingerprint density at radius 3 is 2.16 bits per heavy atom. The molecule has 13 heteroatoms. The van der Waals surface area contributed by atoms with Gasteiger partial charge >= 0.3 is 12.1 Å². The number of rotatable bonds is 12. The molecule has 5 atom stereocenters. The van der Waals surface area contributed by atoms with Crippen LogP contribution in [0.15, 0.2) is 143 Å². The Balaban J connectivity index is 0.986. The summed E-state index contributed by atoms with van der Waals surface area (Å²) in [4.78, 5) is 30.4. The number of benzene rings is 5. The van der Waals surface area contributed by atoms with E-state index >= 15 is 0 Å². The lowest BCUT2D eigenvalue weighted by molar-refractivity contribution is -0.268. The Morgan fingerprint density at radius 2 is 1.48 bits per heavy atom. The maximum Gasteiger partial charge on any atom is 0.471 e. The van der Waals surface area contributed by atoms with E-state index in [1.54, 1.807) is 0 Å². The zero-order chi connectivity index (χ0) is 42.5. The van der Waals surface area contributed by atoms with Crippen LogP contribution in [0.2, 0.25) is 0 Å². The maximum atomic E-state index is 13.1. The smallest absolute Gasteiger partial charge is 0.431 e. The molecule has 0 radical (unpaired) electrons. The Hall–Kier alpha value is -5.73. The summed E-state index contributed by atoms with van der Waals surface area (Å²) in [5.41, 5.74) is 7.77. The Kier molecular flexibility index (Phi) is 12.7. The normalized spacial score (nSPS) is 20.4. The third-order valence-electron chi connectivity index (χ3n) is 11.2. The Labute approximate surface area is 355 Å². The first kappa shape index (κ1) is 42.0. The summed E-state index contributed by atoms with van der Waals surface area (Å²) in [6, 6.07) is 41.9. The van der Waals surface area contributed by atoms with Gasteiger partial charge in [0, 0.05) is 41.5 Å². The minimum absolute atomic E-state index is 0.0604. The lowest BCUT2D eigenvalue weighted by atomic mass is 9.91. The molecule has 2 aliphatic heterocycles. The summed E-state index contributed by atoms with van der Waals surface area (Å²) < 4.78 is 59.2. The Bertz CT molecular complexity index is 2370. The van der Waals surface area contributed by atoms with Crippen LogP contribution >= 0.6 is 11.8 Å². The fourth-order valence-electron chi connectivity index (χ4n) is 7.85. The molecule has 314 valence electrons. The number of ether oxygens (including phenoxy) is 2. The van der Waals surface area contributed by atoms with Crippen LogP contribution in [0.4, 0.5) is 13.2 Å². The molecule has 0 saturated carbocycles. The summed E-state index contributed by atoms with van der Waals surface area (Å²) in [5.74, 6) is -1.43. The molecule has 9 nitrogen and oxygen atoms in total. The van der Waals surface area contributed by atoms with Crippen molar-refractivity contribution in [2.24, 2.45) is 5.92 Å². The van der Waals surface area contributed by atoms with Crippen molar-refractivity contribution in [2.45, 2.75) is 68.9 Å². The first-order valence-corrected chi connectivity index (χ1v) is 21.1. The summed E-state index contributed by atoms with van der Waals surface area (Å²) in [7, 11) is 0. The fourth-order valence-corrected chi connectivity index (χ4v) is 8.84. The molecule has 2 saturated heterocycles. The van der Waals surface area contributed by atoms with E-state index in [-0.39, 0.29) is 44.2 Å². The highest BCUT2D eigenvalue weighted by Gasteiger charge is 2.47. The van der Waals surface area contributed by atoms with Crippen molar-refractivity contribution in [3.05, 3.63) is 156 Å². The van der Waals surface area contributed by atoms with Gasteiger partial charge < -0.3 is 29.2 Å². The number of likely N-dealkylation sites (tertiary alicyclic amines) is 1. The largest absolute Gasteiger partial charge is 0.471 e. The molecular formula is C48H44F3N3O6S. The number of oxazole rings is 1. The van der Waals surface area contributed by atoms with Gasteiger partial charge in [0.05, 0.1) is 18.8 Å². The summed E-state index contributed by atoms with van der Waals surface area (Å²) in [6.45, 7) is 2.03. The molecule has 2 fully saturated rings. The Morgan fingerprint density at radius 1 is 0.803 bits per heavy atom. The number of amides is 2. The summed E-state index contributed by atoms with van der Waals surface area (Å²) in [6.07, 6.45) is -5.83. The van der Waals surface area contributed by atoms with Gasteiger partial charge in [0.25, 0.3) is 5.22 Å². The van der Waals surface area contributed by atoms with E-state index in [1.807, 2.05) is 133 Å². The number of nitrogens with one attached hydrogen (secondary N) is 1. The molecule has 2 N–H and O–H groups in total. The molecule has 0 bridgehead atoms. The number of hydrogen-bond donors (Lipinski definition) is 2. The molecule has 6 aromatic rings. The van der Waals surface area contributed by atoms with E-state index < -0.39 is 30.3 Å². The highest BCUT2D eigenvalue weighted by Crippen LogP contribution is 2.44. The van der Waals surface area contributed by atoms with Gasteiger partial charge in [-0.25, -0.2) is 4.98 Å². The van der Waals surface area contributed by atoms with Gasteiger partial charge in [-0.3, -0.25) is 9.59 Å². The number of thioether (sulfide) groups is 1. The van der Waals surface area contributed by atoms with Gasteiger partial charge in [0.1, 0.15) is 11.7 Å². The number of aliphatic hydroxyl groups is 1. The van der Waals surface area contributed by atoms with E-state index in [0.717, 1.165) is 50.2 Å². The average Bonchev–Trinajstić information content (AvgIpc) is 3.97. The van der Waals surface area contributed by atoms with Gasteiger partial charge in [-0.05, 0) is 46.7 Å². The van der Waals surface area contributed by atoms with Crippen LogP contribution in [0, 0.1) is 5.92 Å². The number of hydrogen-bond acceptors (Lipinski definition) is 8. The lowest BCUT2D eigenvalue weighted by Crippen LogP contribution is -2.50. The van der Waals surface area contributed by atoms with E-state index in [4.69, 9.17) is 18.9 Å². The third-order valence-corrected chi connectivity index (χ3v) is 12.1. The van der Waals surface area contributed by atoms with Crippen molar-refractivity contribution in [2.75, 3.05) is 12.3 Å². The van der Waals surface area contributed by atoms with Gasteiger partial charge in [-0.15, -0.1) is 0 Å². The molecular weight excluding hydrogens is 804 g/mol. The lowest BCUT2D eigenvalue weighted by Gasteiger charge is -2.41. The third kappa shape index (κ3) is 9.60. The van der Waals surface area contributed by atoms with Crippen molar-refractivity contribution in [1.29, 1.82) is 0 Å². The van der Waals surface area contributed by atoms with Crippen LogP contribution in [-0.2, 0) is 32.2 Å². The number of aromatic nitrogens is 1. The minimum Gasteiger partial charge on any atom is -0.431 e. The van der Waals surface area contributed by atoms with Crippen LogP contribution < -0.4 is 5.32 Å². The molecule has 1 aromatic heterocycles. The van der Waals surface area contributed by atoms with Crippen molar-refractivity contribution in [3.63, 3.8) is 0 Å². The quantitative estimate of drug-likeness (QED) is 0.117. The van der Waals surface area contributed by atoms with Crippen molar-refractivity contribution < 1.29 is 41.8 Å². The number of nitrogens with zero attached hydrogens (tertiary/aromatic N) is 2. The average molecular weight is 848 g/mol. The van der Waals surface area contributed by atoms with Crippen molar-refractivity contribution >= 4 is 23.6 Å². The number of aliphatic hydroxyl groups excluding tert-OH is 1. The molecule has 61 heavy (non-hydrogen) atoms. The van der Waals surface area contributed by atoms with Crippen LogP contribution in [0.3, 0.4) is 0 Å². The van der Waals surface area contributed by atoms with Gasteiger partial charge in [-0.2, -0.15) is 13.2 Å².